The number of nitrogens with zero attached hydrogens (tertiary/aromatic N) is 5. The molecular formula is C26H24ClN5O. The summed E-state index contributed by atoms with van der Waals surface area (Å²) >= 11 is 6.13. The van der Waals surface area contributed by atoms with Crippen LogP contribution in [0.15, 0.2) is 60.7 Å². The van der Waals surface area contributed by atoms with Crippen molar-refractivity contribution in [3.63, 3.8) is 0 Å². The van der Waals surface area contributed by atoms with Gasteiger partial charge in [-0.05, 0) is 50.1 Å². The molecule has 0 saturated heterocycles. The van der Waals surface area contributed by atoms with Crippen LogP contribution in [0.5, 0.6) is 0 Å². The Morgan fingerprint density at radius 3 is 2.30 bits per heavy atom. The lowest BCUT2D eigenvalue weighted by Crippen LogP contribution is -2.38. The largest absolute Gasteiger partial charge is 0.292 e. The molecule has 0 unspecified atom stereocenters. The van der Waals surface area contributed by atoms with Crippen LogP contribution in [0.2, 0.25) is 5.02 Å². The molecule has 3 heterocycles. The fourth-order valence-electron chi connectivity index (χ4n) is 4.55. The first-order valence-electron chi connectivity index (χ1n) is 10.9. The van der Waals surface area contributed by atoms with Crippen LogP contribution >= 0.6 is 11.6 Å². The van der Waals surface area contributed by atoms with Crippen molar-refractivity contribution in [2.24, 2.45) is 0 Å². The molecule has 0 aliphatic carbocycles. The van der Waals surface area contributed by atoms with Crippen molar-refractivity contribution in [1.29, 1.82) is 0 Å². The zero-order valence-corrected chi connectivity index (χ0v) is 19.5. The minimum atomic E-state index is -0.114. The highest BCUT2D eigenvalue weighted by Crippen LogP contribution is 2.43. The maximum absolute atomic E-state index is 13.6. The van der Waals surface area contributed by atoms with Gasteiger partial charge in [0.15, 0.2) is 0 Å². The minimum Gasteiger partial charge on any atom is -0.292 e. The highest BCUT2D eigenvalue weighted by molar-refractivity contribution is 6.30. The van der Waals surface area contributed by atoms with Gasteiger partial charge in [0.25, 0.3) is 5.95 Å². The van der Waals surface area contributed by atoms with E-state index in [-0.39, 0.29) is 11.8 Å². The number of benzene rings is 2. The minimum absolute atomic E-state index is 0.0387. The molecule has 7 heteroatoms. The highest BCUT2D eigenvalue weighted by Gasteiger charge is 2.38. The van der Waals surface area contributed by atoms with Crippen LogP contribution in [0, 0.1) is 20.8 Å². The monoisotopic (exact) mass is 457 g/mol. The summed E-state index contributed by atoms with van der Waals surface area (Å²) in [7, 11) is 0. The van der Waals surface area contributed by atoms with Crippen molar-refractivity contribution in [1.82, 2.24) is 19.7 Å². The molecule has 0 spiro atoms. The zero-order chi connectivity index (χ0) is 23.1. The van der Waals surface area contributed by atoms with E-state index in [1.165, 1.54) is 0 Å². The van der Waals surface area contributed by atoms with Crippen molar-refractivity contribution < 1.29 is 4.79 Å². The first-order chi connectivity index (χ1) is 15.9. The van der Waals surface area contributed by atoms with E-state index in [4.69, 9.17) is 16.7 Å². The molecule has 6 nitrogen and oxygen atoms in total. The Bertz CT molecular complexity index is 1310. The van der Waals surface area contributed by atoms with E-state index < -0.39 is 0 Å². The predicted molar refractivity (Wildman–Crippen MR) is 129 cm³/mol. The van der Waals surface area contributed by atoms with E-state index in [1.807, 2.05) is 86.3 Å². The number of anilines is 1. The summed E-state index contributed by atoms with van der Waals surface area (Å²) in [6.07, 6.45) is 0.363. The molecule has 2 aromatic heterocycles. The number of hydrogen-bond acceptors (Lipinski definition) is 4. The van der Waals surface area contributed by atoms with E-state index in [0.717, 1.165) is 39.6 Å². The van der Waals surface area contributed by atoms with Crippen LogP contribution in [0.25, 0.3) is 5.95 Å². The number of carbonyl (C=O) groups excluding carboxylic acids is 1. The third-order valence-electron chi connectivity index (χ3n) is 5.98. The average Bonchev–Trinajstić information content (AvgIpc) is 3.13. The number of aryl methyl sites for hydroxylation is 3. The van der Waals surface area contributed by atoms with E-state index in [9.17, 15) is 4.79 Å². The molecule has 1 aliphatic heterocycles. The lowest BCUT2D eigenvalue weighted by Gasteiger charge is -2.33. The van der Waals surface area contributed by atoms with E-state index in [1.54, 1.807) is 4.68 Å². The van der Waals surface area contributed by atoms with Gasteiger partial charge in [-0.3, -0.25) is 9.69 Å². The summed E-state index contributed by atoms with van der Waals surface area (Å²) in [5.41, 5.74) is 5.68. The van der Waals surface area contributed by atoms with Crippen LogP contribution in [-0.4, -0.2) is 25.7 Å². The Balaban J connectivity index is 1.71. The maximum atomic E-state index is 13.6. The highest BCUT2D eigenvalue weighted by atomic mass is 35.5. The summed E-state index contributed by atoms with van der Waals surface area (Å²) < 4.78 is 1.73. The van der Waals surface area contributed by atoms with E-state index in [0.29, 0.717) is 23.9 Å². The van der Waals surface area contributed by atoms with Crippen LogP contribution in [0.4, 0.5) is 5.82 Å². The Kier molecular flexibility index (Phi) is 5.46. The molecule has 1 aliphatic rings. The van der Waals surface area contributed by atoms with E-state index in [2.05, 4.69) is 9.97 Å². The van der Waals surface area contributed by atoms with Crippen molar-refractivity contribution >= 4 is 23.3 Å². The van der Waals surface area contributed by atoms with Crippen molar-refractivity contribution in [3.8, 4) is 5.95 Å². The number of rotatable bonds is 4. The smallest absolute Gasteiger partial charge is 0.252 e. The van der Waals surface area contributed by atoms with Gasteiger partial charge in [-0.2, -0.15) is 9.78 Å². The summed E-state index contributed by atoms with van der Waals surface area (Å²) in [6.45, 7) is 6.31. The third-order valence-corrected chi connectivity index (χ3v) is 6.23. The second-order valence-corrected chi connectivity index (χ2v) is 8.90. The molecule has 4 aromatic rings. The van der Waals surface area contributed by atoms with Crippen LogP contribution in [0.3, 0.4) is 0 Å². The first kappa shape index (κ1) is 21.3. The fraction of sp³-hybridized carbons (Fsp3) is 0.231. The lowest BCUT2D eigenvalue weighted by atomic mass is 9.85. The SMILES string of the molecule is Cc1cc(C)nc(-n2nc(C)c3c2N(Cc2ccccc2)C(=O)C[C@H]3c2ccc(Cl)cc2)n1. The zero-order valence-electron chi connectivity index (χ0n) is 18.8. The second kappa shape index (κ2) is 8.45. The Labute approximate surface area is 197 Å². The Morgan fingerprint density at radius 1 is 0.970 bits per heavy atom. The molecule has 1 atom stereocenters. The fourth-order valence-corrected chi connectivity index (χ4v) is 4.68. The molecule has 1 amide bonds. The quantitative estimate of drug-likeness (QED) is 0.416. The first-order valence-corrected chi connectivity index (χ1v) is 11.3. The lowest BCUT2D eigenvalue weighted by molar-refractivity contribution is -0.119. The van der Waals surface area contributed by atoms with Gasteiger partial charge in [-0.15, -0.1) is 0 Å². The topological polar surface area (TPSA) is 63.9 Å². The predicted octanol–water partition coefficient (Wildman–Crippen LogP) is 5.31. The Morgan fingerprint density at radius 2 is 1.64 bits per heavy atom. The van der Waals surface area contributed by atoms with Gasteiger partial charge in [0.05, 0.1) is 12.2 Å². The van der Waals surface area contributed by atoms with Gasteiger partial charge in [0.1, 0.15) is 5.82 Å². The molecule has 5 rings (SSSR count). The number of carbonyl (C=O) groups is 1. The number of halogens is 1. The summed E-state index contributed by atoms with van der Waals surface area (Å²) in [4.78, 5) is 24.6. The number of hydrogen-bond donors (Lipinski definition) is 0. The molecule has 33 heavy (non-hydrogen) atoms. The van der Waals surface area contributed by atoms with Crippen molar-refractivity contribution in [3.05, 3.63) is 99.5 Å². The molecule has 0 fully saturated rings. The standard InChI is InChI=1S/C26H24ClN5O/c1-16-13-17(2)29-26(28-16)32-25-24(18(3)30-32)22(20-9-11-21(27)12-10-20)14-23(33)31(25)15-19-7-5-4-6-8-19/h4-13,22H,14-15H2,1-3H3/t22-/m0/s1. The summed E-state index contributed by atoms with van der Waals surface area (Å²) in [5.74, 6) is 1.13. The molecule has 0 bridgehead atoms. The molecular weight excluding hydrogens is 434 g/mol. The third kappa shape index (κ3) is 4.02. The second-order valence-electron chi connectivity index (χ2n) is 8.46. The van der Waals surface area contributed by atoms with E-state index >= 15 is 0 Å². The van der Waals surface area contributed by atoms with Crippen LogP contribution in [-0.2, 0) is 11.3 Å². The molecule has 0 N–H and O–H groups in total. The number of aromatic nitrogens is 4. The van der Waals surface area contributed by atoms with Crippen molar-refractivity contribution in [2.45, 2.75) is 39.7 Å². The van der Waals surface area contributed by atoms with Crippen LogP contribution < -0.4 is 4.90 Å². The number of amides is 1. The Hall–Kier alpha value is -3.51. The van der Waals surface area contributed by atoms with Gasteiger partial charge in [0, 0.05) is 34.3 Å². The van der Waals surface area contributed by atoms with Gasteiger partial charge in [-0.25, -0.2) is 9.97 Å². The normalized spacial score (nSPS) is 15.6. The van der Waals surface area contributed by atoms with Gasteiger partial charge in [0.2, 0.25) is 5.91 Å². The van der Waals surface area contributed by atoms with Crippen LogP contribution in [0.1, 0.15) is 46.1 Å². The van der Waals surface area contributed by atoms with Crippen molar-refractivity contribution in [2.75, 3.05) is 4.90 Å². The van der Waals surface area contributed by atoms with Gasteiger partial charge in [-0.1, -0.05) is 54.1 Å². The molecule has 0 saturated carbocycles. The maximum Gasteiger partial charge on any atom is 0.252 e. The summed E-state index contributed by atoms with van der Waals surface area (Å²) in [5, 5.41) is 5.51. The average molecular weight is 458 g/mol. The summed E-state index contributed by atoms with van der Waals surface area (Å²) in [6, 6.07) is 19.6. The van der Waals surface area contributed by atoms with Gasteiger partial charge < -0.3 is 0 Å². The molecule has 0 radical (unpaired) electrons. The number of fused-ring (bicyclic) bond motifs is 1. The molecule has 166 valence electrons. The molecule has 2 aromatic carbocycles. The van der Waals surface area contributed by atoms with Gasteiger partial charge >= 0.3 is 0 Å².